The first kappa shape index (κ1) is 20.2. The van der Waals surface area contributed by atoms with Gasteiger partial charge in [0, 0.05) is 55.5 Å². The lowest BCUT2D eigenvalue weighted by molar-refractivity contribution is -0.138. The van der Waals surface area contributed by atoms with Gasteiger partial charge >= 0.3 is 0 Å². The van der Waals surface area contributed by atoms with Gasteiger partial charge in [0.25, 0.3) is 0 Å². The van der Waals surface area contributed by atoms with Crippen molar-refractivity contribution in [2.24, 2.45) is 5.92 Å². The molecule has 32 heavy (non-hydrogen) atoms. The Morgan fingerprint density at radius 2 is 1.47 bits per heavy atom. The van der Waals surface area contributed by atoms with Gasteiger partial charge in [0.2, 0.25) is 11.8 Å². The maximum absolute atomic E-state index is 12.8. The van der Waals surface area contributed by atoms with Crippen molar-refractivity contribution in [3.05, 3.63) is 78.5 Å². The smallest absolute Gasteiger partial charge is 0.246 e. The van der Waals surface area contributed by atoms with E-state index in [1.165, 1.54) is 0 Å². The maximum atomic E-state index is 12.8. The molecule has 162 valence electrons. The highest BCUT2D eigenvalue weighted by Gasteiger charge is 2.34. The predicted molar refractivity (Wildman–Crippen MR) is 124 cm³/mol. The van der Waals surface area contributed by atoms with Crippen LogP contribution in [-0.4, -0.2) is 57.6 Å². The number of amides is 2. The van der Waals surface area contributed by atoms with E-state index in [-0.39, 0.29) is 17.7 Å². The molecule has 0 radical (unpaired) electrons. The molecule has 0 spiro atoms. The van der Waals surface area contributed by atoms with Gasteiger partial charge in [0.15, 0.2) is 0 Å². The van der Waals surface area contributed by atoms with Gasteiger partial charge in [-0.1, -0.05) is 48.5 Å². The van der Waals surface area contributed by atoms with Gasteiger partial charge in [0.05, 0.1) is 11.4 Å². The largest absolute Gasteiger partial charge is 0.339 e. The second kappa shape index (κ2) is 8.83. The van der Waals surface area contributed by atoms with Gasteiger partial charge in [-0.15, -0.1) is 0 Å². The van der Waals surface area contributed by atoms with Gasteiger partial charge in [-0.3, -0.25) is 9.59 Å². The Bertz CT molecular complexity index is 1130. The van der Waals surface area contributed by atoms with Crippen LogP contribution in [0.4, 0.5) is 0 Å². The first-order valence-electron chi connectivity index (χ1n) is 11.2. The first-order chi connectivity index (χ1) is 15.7. The molecule has 2 fully saturated rings. The summed E-state index contributed by atoms with van der Waals surface area (Å²) in [6.45, 7) is 2.40. The summed E-state index contributed by atoms with van der Waals surface area (Å²) in [5.41, 5.74) is 3.68. The Hall–Kier alpha value is -3.67. The number of carbonyl (C=O) groups excluding carboxylic acids is 2. The van der Waals surface area contributed by atoms with Gasteiger partial charge in [-0.25, -0.2) is 4.68 Å². The van der Waals surface area contributed by atoms with E-state index in [1.54, 1.807) is 6.08 Å². The van der Waals surface area contributed by atoms with Crippen LogP contribution in [-0.2, 0) is 9.59 Å². The fourth-order valence-corrected chi connectivity index (χ4v) is 4.04. The molecular formula is C26H26N4O2. The Balaban J connectivity index is 1.33. The maximum Gasteiger partial charge on any atom is 0.246 e. The second-order valence-electron chi connectivity index (χ2n) is 8.34. The number of piperazine rings is 1. The molecule has 1 aliphatic carbocycles. The Morgan fingerprint density at radius 3 is 2.12 bits per heavy atom. The van der Waals surface area contributed by atoms with Gasteiger partial charge in [0.1, 0.15) is 0 Å². The molecule has 0 bridgehead atoms. The number of para-hydroxylation sites is 1. The standard InChI is InChI=1S/C26H26N4O2/c31-24(28-15-17-29(18-16-28)26(32)21-11-12-21)14-13-22-19-30(23-9-5-2-6-10-23)27-25(22)20-7-3-1-4-8-20/h1-10,13-14,19,21H,11-12,15-18H2. The van der Waals surface area contributed by atoms with Crippen LogP contribution in [0.3, 0.4) is 0 Å². The van der Waals surface area contributed by atoms with Crippen molar-refractivity contribution < 1.29 is 9.59 Å². The number of benzene rings is 2. The molecule has 1 aromatic heterocycles. The molecule has 0 N–H and O–H groups in total. The Morgan fingerprint density at radius 1 is 0.844 bits per heavy atom. The number of nitrogens with zero attached hydrogens (tertiary/aromatic N) is 4. The summed E-state index contributed by atoms with van der Waals surface area (Å²) >= 11 is 0. The summed E-state index contributed by atoms with van der Waals surface area (Å²) in [7, 11) is 0. The highest BCUT2D eigenvalue weighted by molar-refractivity contribution is 5.93. The number of hydrogen-bond acceptors (Lipinski definition) is 3. The lowest BCUT2D eigenvalue weighted by Gasteiger charge is -2.34. The van der Waals surface area contributed by atoms with Crippen molar-refractivity contribution in [2.45, 2.75) is 12.8 Å². The molecule has 1 saturated heterocycles. The molecule has 1 saturated carbocycles. The number of rotatable bonds is 5. The van der Waals surface area contributed by atoms with Crippen LogP contribution in [0.5, 0.6) is 0 Å². The molecule has 6 heteroatoms. The van der Waals surface area contributed by atoms with Crippen LogP contribution in [0, 0.1) is 5.92 Å². The summed E-state index contributed by atoms with van der Waals surface area (Å²) in [4.78, 5) is 28.8. The minimum absolute atomic E-state index is 0.0324. The average molecular weight is 427 g/mol. The molecule has 5 rings (SSSR count). The van der Waals surface area contributed by atoms with E-state index in [1.807, 2.05) is 87.4 Å². The summed E-state index contributed by atoms with van der Waals surface area (Å²) in [5.74, 6) is 0.457. The van der Waals surface area contributed by atoms with Crippen molar-refractivity contribution in [3.63, 3.8) is 0 Å². The number of hydrogen-bond donors (Lipinski definition) is 0. The summed E-state index contributed by atoms with van der Waals surface area (Å²) in [6.07, 6.45) is 7.45. The van der Waals surface area contributed by atoms with Gasteiger partial charge < -0.3 is 9.80 Å². The van der Waals surface area contributed by atoms with Gasteiger partial charge in [-0.05, 0) is 31.1 Å². The highest BCUT2D eigenvalue weighted by Crippen LogP contribution is 2.31. The lowest BCUT2D eigenvalue weighted by atomic mass is 10.1. The Kier molecular flexibility index (Phi) is 5.58. The fourth-order valence-electron chi connectivity index (χ4n) is 4.04. The zero-order chi connectivity index (χ0) is 21.9. The van der Waals surface area contributed by atoms with E-state index in [4.69, 9.17) is 5.10 Å². The van der Waals surface area contributed by atoms with E-state index in [0.29, 0.717) is 26.2 Å². The van der Waals surface area contributed by atoms with Crippen molar-refractivity contribution in [2.75, 3.05) is 26.2 Å². The van der Waals surface area contributed by atoms with Crippen LogP contribution in [0.1, 0.15) is 18.4 Å². The van der Waals surface area contributed by atoms with Crippen molar-refractivity contribution in [1.29, 1.82) is 0 Å². The van der Waals surface area contributed by atoms with Crippen molar-refractivity contribution in [3.8, 4) is 16.9 Å². The molecule has 3 aromatic rings. The number of carbonyl (C=O) groups is 2. The average Bonchev–Trinajstić information content (AvgIpc) is 3.62. The summed E-state index contributed by atoms with van der Waals surface area (Å²) in [6, 6.07) is 19.9. The van der Waals surface area contributed by atoms with Crippen LogP contribution >= 0.6 is 0 Å². The topological polar surface area (TPSA) is 58.4 Å². The summed E-state index contributed by atoms with van der Waals surface area (Å²) in [5, 5.41) is 4.79. The third kappa shape index (κ3) is 4.35. The Labute approximate surface area is 187 Å². The zero-order valence-corrected chi connectivity index (χ0v) is 17.9. The van der Waals surface area contributed by atoms with Crippen LogP contribution in [0.25, 0.3) is 23.0 Å². The second-order valence-corrected chi connectivity index (χ2v) is 8.34. The van der Waals surface area contributed by atoms with E-state index < -0.39 is 0 Å². The third-order valence-electron chi connectivity index (χ3n) is 6.05. The van der Waals surface area contributed by atoms with Crippen LogP contribution in [0.2, 0.25) is 0 Å². The summed E-state index contributed by atoms with van der Waals surface area (Å²) < 4.78 is 1.84. The number of aromatic nitrogens is 2. The molecule has 2 heterocycles. The molecule has 0 atom stereocenters. The molecule has 2 amide bonds. The van der Waals surface area contributed by atoms with E-state index in [9.17, 15) is 9.59 Å². The first-order valence-corrected chi connectivity index (χ1v) is 11.2. The normalized spacial score (nSPS) is 16.5. The molecule has 6 nitrogen and oxygen atoms in total. The predicted octanol–water partition coefficient (Wildman–Crippen LogP) is 3.63. The fraction of sp³-hybridized carbons (Fsp3) is 0.269. The van der Waals surface area contributed by atoms with Crippen LogP contribution < -0.4 is 0 Å². The molecule has 2 aliphatic rings. The van der Waals surface area contributed by atoms with Gasteiger partial charge in [-0.2, -0.15) is 5.10 Å². The zero-order valence-electron chi connectivity index (χ0n) is 17.9. The highest BCUT2D eigenvalue weighted by atomic mass is 16.2. The third-order valence-corrected chi connectivity index (χ3v) is 6.05. The minimum Gasteiger partial charge on any atom is -0.339 e. The minimum atomic E-state index is -0.0324. The van der Waals surface area contributed by atoms with E-state index in [0.717, 1.165) is 35.3 Å². The molecular weight excluding hydrogens is 400 g/mol. The van der Waals surface area contributed by atoms with Crippen LogP contribution in [0.15, 0.2) is 72.9 Å². The monoisotopic (exact) mass is 426 g/mol. The SMILES string of the molecule is O=C(C=Cc1cn(-c2ccccc2)nc1-c1ccccc1)N1CCN(C(=O)C2CC2)CC1. The van der Waals surface area contributed by atoms with Crippen molar-refractivity contribution >= 4 is 17.9 Å². The molecule has 1 aliphatic heterocycles. The van der Waals surface area contributed by atoms with E-state index in [2.05, 4.69) is 0 Å². The lowest BCUT2D eigenvalue weighted by Crippen LogP contribution is -2.50. The van der Waals surface area contributed by atoms with E-state index >= 15 is 0 Å². The van der Waals surface area contributed by atoms with Crippen molar-refractivity contribution in [1.82, 2.24) is 19.6 Å². The molecule has 0 unspecified atom stereocenters. The molecule has 2 aromatic carbocycles. The quantitative estimate of drug-likeness (QED) is 0.586.